The van der Waals surface area contributed by atoms with Crippen molar-refractivity contribution < 1.29 is 26.7 Å². The fourth-order valence-electron chi connectivity index (χ4n) is 2.30. The van der Waals surface area contributed by atoms with Crippen LogP contribution in [0.4, 0.5) is 0 Å². The molecule has 0 aromatic heterocycles. The first-order chi connectivity index (χ1) is 11.4. The molecule has 0 amide bonds. The van der Waals surface area contributed by atoms with E-state index in [9.17, 15) is 9.59 Å². The molecule has 10 heteroatoms. The van der Waals surface area contributed by atoms with Crippen molar-refractivity contribution in [3.05, 3.63) is 12.2 Å². The maximum absolute atomic E-state index is 11.8. The molecule has 6 nitrogen and oxygen atoms in total. The Bertz CT molecular complexity index is 480. The number of carbonyl (C=O) groups excluding carboxylic acids is 1. The van der Waals surface area contributed by atoms with Gasteiger partial charge >= 0.3 is 15.0 Å². The molecule has 0 bridgehead atoms. The highest BCUT2D eigenvalue weighted by Gasteiger charge is 2.52. The van der Waals surface area contributed by atoms with Gasteiger partial charge in [0, 0.05) is 11.6 Å². The van der Waals surface area contributed by atoms with E-state index in [1.54, 1.807) is 6.92 Å². The molecule has 0 aromatic rings. The quantitative estimate of drug-likeness (QED) is 0.295. The van der Waals surface area contributed by atoms with E-state index in [4.69, 9.17) is 17.1 Å². The van der Waals surface area contributed by atoms with Crippen LogP contribution in [0, 0.1) is 0 Å². The molecule has 0 aliphatic carbocycles. The lowest BCUT2D eigenvalue weighted by Gasteiger charge is -2.39. The minimum atomic E-state index is -3.77. The molecule has 26 heavy (non-hydrogen) atoms. The highest BCUT2D eigenvalue weighted by atomic mass is 28.5. The molecule has 0 fully saturated rings. The van der Waals surface area contributed by atoms with Gasteiger partial charge in [-0.3, -0.25) is 0 Å². The zero-order valence-electron chi connectivity index (χ0n) is 18.2. The van der Waals surface area contributed by atoms with Crippen LogP contribution in [0.3, 0.4) is 0 Å². The van der Waals surface area contributed by atoms with E-state index in [2.05, 4.69) is 6.58 Å². The second-order valence-corrected chi connectivity index (χ2v) is 25.1. The molecule has 0 spiro atoms. The largest absolute Gasteiger partial charge is 0.644 e. The van der Waals surface area contributed by atoms with E-state index in [0.717, 1.165) is 0 Å². The van der Waals surface area contributed by atoms with Crippen LogP contribution in [-0.4, -0.2) is 50.9 Å². The minimum Gasteiger partial charge on any atom is -0.459 e. The molecule has 0 aliphatic rings. The molecular weight excluding hydrogens is 401 g/mol. The van der Waals surface area contributed by atoms with Gasteiger partial charge in [-0.15, -0.1) is 0 Å². The summed E-state index contributed by atoms with van der Waals surface area (Å²) in [5, 5.41) is 0. The summed E-state index contributed by atoms with van der Waals surface area (Å²) >= 11 is 0. The SMILES string of the molecule is C=C(C)C(=O)OC(CC)C[Si](C)(C)O[Si](O)(O[Si](C)(C)C)O[Si](C)(C)C. The Morgan fingerprint density at radius 2 is 1.38 bits per heavy atom. The van der Waals surface area contributed by atoms with Crippen molar-refractivity contribution in [1.29, 1.82) is 0 Å². The number of carbonyl (C=O) groups is 1. The van der Waals surface area contributed by atoms with Gasteiger partial charge in [0.05, 0.1) is 0 Å². The smallest absolute Gasteiger partial charge is 0.459 e. The predicted molar refractivity (Wildman–Crippen MR) is 115 cm³/mol. The van der Waals surface area contributed by atoms with E-state index >= 15 is 0 Å². The normalized spacial score (nSPS) is 14.9. The maximum Gasteiger partial charge on any atom is 0.644 e. The van der Waals surface area contributed by atoms with Crippen LogP contribution >= 0.6 is 0 Å². The molecule has 0 aromatic carbocycles. The van der Waals surface area contributed by atoms with Gasteiger partial charge < -0.3 is 21.9 Å². The molecule has 0 saturated heterocycles. The number of esters is 1. The van der Waals surface area contributed by atoms with Crippen LogP contribution < -0.4 is 0 Å². The topological polar surface area (TPSA) is 74.2 Å². The van der Waals surface area contributed by atoms with Crippen LogP contribution in [-0.2, 0) is 21.9 Å². The van der Waals surface area contributed by atoms with Gasteiger partial charge in [-0.1, -0.05) is 13.5 Å². The zero-order chi connectivity index (χ0) is 21.0. The lowest BCUT2D eigenvalue weighted by atomic mass is 10.3. The first kappa shape index (κ1) is 25.9. The molecule has 0 saturated carbocycles. The van der Waals surface area contributed by atoms with Gasteiger partial charge in [-0.05, 0) is 65.7 Å². The van der Waals surface area contributed by atoms with Gasteiger partial charge in [0.2, 0.25) is 0 Å². The monoisotopic (exact) mass is 438 g/mol. The molecule has 0 radical (unpaired) electrons. The summed E-state index contributed by atoms with van der Waals surface area (Å²) in [5.74, 6) is -0.397. The number of rotatable bonds is 11. The van der Waals surface area contributed by atoms with E-state index in [0.29, 0.717) is 18.0 Å². The van der Waals surface area contributed by atoms with Crippen molar-refractivity contribution in [2.24, 2.45) is 0 Å². The standard InChI is InChI=1S/C16H38O6Si4/c1-12-15(19-16(17)14(2)3)13-25(10,11)22-26(18,20-23(4,5)6)21-24(7,8)9/h15,18H,2,12-13H2,1,3-11H3. The Kier molecular flexibility index (Phi) is 9.38. The summed E-state index contributed by atoms with van der Waals surface area (Å²) in [4.78, 5) is 23.0. The molecule has 1 atom stereocenters. The van der Waals surface area contributed by atoms with Crippen molar-refractivity contribution >= 4 is 40.0 Å². The van der Waals surface area contributed by atoms with Gasteiger partial charge in [-0.25, -0.2) is 4.79 Å². The zero-order valence-corrected chi connectivity index (χ0v) is 22.2. The number of hydrogen-bond acceptors (Lipinski definition) is 6. The lowest BCUT2D eigenvalue weighted by molar-refractivity contribution is -0.143. The summed E-state index contributed by atoms with van der Waals surface area (Å²) in [7, 11) is -10.3. The fraction of sp³-hybridized carbons (Fsp3) is 0.812. The average molecular weight is 439 g/mol. The summed E-state index contributed by atoms with van der Waals surface area (Å²) in [5.41, 5.74) is 0.374. The lowest BCUT2D eigenvalue weighted by Crippen LogP contribution is -2.61. The van der Waals surface area contributed by atoms with Crippen LogP contribution in [0.1, 0.15) is 20.3 Å². The molecule has 0 heterocycles. The summed E-state index contributed by atoms with van der Waals surface area (Å²) in [6.45, 7) is 23.2. The summed E-state index contributed by atoms with van der Waals surface area (Å²) < 4.78 is 23.7. The fourth-order valence-corrected chi connectivity index (χ4v) is 14.7. The van der Waals surface area contributed by atoms with Crippen molar-refractivity contribution in [2.75, 3.05) is 0 Å². The Morgan fingerprint density at radius 3 is 1.69 bits per heavy atom. The molecule has 1 N–H and O–H groups in total. The first-order valence-electron chi connectivity index (χ1n) is 9.07. The van der Waals surface area contributed by atoms with Crippen molar-refractivity contribution in [1.82, 2.24) is 0 Å². The summed E-state index contributed by atoms with van der Waals surface area (Å²) in [6.07, 6.45) is 0.389. The maximum atomic E-state index is 11.8. The Morgan fingerprint density at radius 1 is 0.962 bits per heavy atom. The third-order valence-electron chi connectivity index (χ3n) is 3.07. The molecule has 154 valence electrons. The Balaban J connectivity index is 5.31. The number of ether oxygens (including phenoxy) is 1. The van der Waals surface area contributed by atoms with Crippen LogP contribution in [0.25, 0.3) is 0 Å². The van der Waals surface area contributed by atoms with Gasteiger partial charge in [0.15, 0.2) is 25.0 Å². The molecular formula is C16H38O6Si4. The predicted octanol–water partition coefficient (Wildman–Crippen LogP) is 4.24. The Labute approximate surface area is 163 Å². The van der Waals surface area contributed by atoms with Crippen molar-refractivity contribution in [3.63, 3.8) is 0 Å². The van der Waals surface area contributed by atoms with E-state index < -0.39 is 40.0 Å². The third kappa shape index (κ3) is 11.6. The second-order valence-electron chi connectivity index (χ2n) is 9.23. The van der Waals surface area contributed by atoms with E-state index in [-0.39, 0.29) is 6.10 Å². The van der Waals surface area contributed by atoms with Crippen LogP contribution in [0.15, 0.2) is 12.2 Å². The second kappa shape index (κ2) is 9.41. The van der Waals surface area contributed by atoms with Crippen molar-refractivity contribution in [2.45, 2.75) is 84.8 Å². The number of hydrogen-bond donors (Lipinski definition) is 1. The molecule has 0 aliphatic heterocycles. The average Bonchev–Trinajstić information content (AvgIpc) is 2.30. The highest BCUT2D eigenvalue weighted by molar-refractivity contribution is 6.87. The van der Waals surface area contributed by atoms with E-state index in [1.165, 1.54) is 0 Å². The van der Waals surface area contributed by atoms with Crippen LogP contribution in [0.2, 0.25) is 58.4 Å². The Hall–Kier alpha value is -0.0825. The first-order valence-corrected chi connectivity index (χ1v) is 20.7. The van der Waals surface area contributed by atoms with Gasteiger partial charge in [-0.2, -0.15) is 0 Å². The van der Waals surface area contributed by atoms with Gasteiger partial charge in [0.25, 0.3) is 0 Å². The third-order valence-corrected chi connectivity index (χ3v) is 14.7. The van der Waals surface area contributed by atoms with Gasteiger partial charge in [0.1, 0.15) is 6.10 Å². The minimum absolute atomic E-state index is 0.280. The van der Waals surface area contributed by atoms with Crippen LogP contribution in [0.5, 0.6) is 0 Å². The van der Waals surface area contributed by atoms with E-state index in [1.807, 2.05) is 59.3 Å². The van der Waals surface area contributed by atoms with Crippen molar-refractivity contribution in [3.8, 4) is 0 Å². The highest BCUT2D eigenvalue weighted by Crippen LogP contribution is 2.27. The molecule has 1 unspecified atom stereocenters. The summed E-state index contributed by atoms with van der Waals surface area (Å²) in [6, 6.07) is 0.557. The molecule has 0 rings (SSSR count).